The molecule has 1 rings (SSSR count). The lowest BCUT2D eigenvalue weighted by molar-refractivity contribution is -0.144. The van der Waals surface area contributed by atoms with Crippen LogP contribution in [-0.2, 0) is 9.59 Å². The fourth-order valence-electron chi connectivity index (χ4n) is 1.72. The summed E-state index contributed by atoms with van der Waals surface area (Å²) in [5.41, 5.74) is -0.552. The maximum absolute atomic E-state index is 12.2. The Balaban J connectivity index is 2.80. The topological polar surface area (TPSA) is 93.4 Å². The van der Waals surface area contributed by atoms with Crippen molar-refractivity contribution < 1.29 is 14.7 Å². The van der Waals surface area contributed by atoms with Crippen LogP contribution in [0.5, 0.6) is 0 Å². The number of aliphatic carboxylic acids is 1. The Morgan fingerprint density at radius 1 is 1.38 bits per heavy atom. The number of rotatable bonds is 7. The van der Waals surface area contributed by atoms with Crippen LogP contribution in [0.1, 0.15) is 20.3 Å². The first-order valence-corrected chi connectivity index (χ1v) is 6.65. The minimum atomic E-state index is -1.16. The van der Waals surface area contributed by atoms with E-state index in [1.54, 1.807) is 31.2 Å². The van der Waals surface area contributed by atoms with E-state index in [9.17, 15) is 9.59 Å². The minimum Gasteiger partial charge on any atom is -0.480 e. The van der Waals surface area contributed by atoms with E-state index in [2.05, 4.69) is 5.32 Å². The van der Waals surface area contributed by atoms with Gasteiger partial charge in [0, 0.05) is 5.69 Å². The number of anilines is 1. The molecule has 0 saturated heterocycles. The van der Waals surface area contributed by atoms with Gasteiger partial charge in [-0.1, -0.05) is 25.1 Å². The molecule has 6 heteroatoms. The summed E-state index contributed by atoms with van der Waals surface area (Å²) >= 11 is 0. The van der Waals surface area contributed by atoms with E-state index in [4.69, 9.17) is 10.4 Å². The second-order valence-electron chi connectivity index (χ2n) is 4.82. The molecule has 2 N–H and O–H groups in total. The lowest BCUT2D eigenvalue weighted by Gasteiger charge is -2.26. The summed E-state index contributed by atoms with van der Waals surface area (Å²) in [5, 5.41) is 20.8. The fourth-order valence-corrected chi connectivity index (χ4v) is 1.72. The van der Waals surface area contributed by atoms with Crippen LogP contribution in [0.25, 0.3) is 0 Å². The summed E-state index contributed by atoms with van der Waals surface area (Å²) in [6.07, 6.45) is 0.346. The molecule has 0 aliphatic carbocycles. The highest BCUT2D eigenvalue weighted by molar-refractivity contribution is 5.95. The first-order chi connectivity index (χ1) is 9.94. The van der Waals surface area contributed by atoms with Crippen LogP contribution in [0.15, 0.2) is 30.3 Å². The number of nitrogens with zero attached hydrogens (tertiary/aromatic N) is 2. The molecule has 0 spiro atoms. The van der Waals surface area contributed by atoms with E-state index in [-0.39, 0.29) is 19.0 Å². The minimum absolute atomic E-state index is 0.0829. The normalized spacial score (nSPS) is 13.0. The second-order valence-corrected chi connectivity index (χ2v) is 4.82. The third kappa shape index (κ3) is 4.29. The Hall–Kier alpha value is -2.39. The molecule has 0 bridgehead atoms. The number of para-hydroxylation sites is 1. The van der Waals surface area contributed by atoms with Crippen molar-refractivity contribution in [2.45, 2.75) is 25.8 Å². The lowest BCUT2D eigenvalue weighted by Crippen LogP contribution is -2.53. The summed E-state index contributed by atoms with van der Waals surface area (Å²) in [5.74, 6) is -1.35. The van der Waals surface area contributed by atoms with Gasteiger partial charge in [-0.15, -0.1) is 0 Å². The molecule has 1 unspecified atom stereocenters. The monoisotopic (exact) mass is 289 g/mol. The molecule has 0 heterocycles. The summed E-state index contributed by atoms with van der Waals surface area (Å²) in [6, 6.07) is 10.8. The predicted octanol–water partition coefficient (Wildman–Crippen LogP) is 1.39. The highest BCUT2D eigenvalue weighted by Gasteiger charge is 2.31. The smallest absolute Gasteiger partial charge is 0.323 e. The Morgan fingerprint density at radius 3 is 2.48 bits per heavy atom. The zero-order chi connectivity index (χ0) is 15.9. The fraction of sp³-hybridized carbons (Fsp3) is 0.400. The first kappa shape index (κ1) is 16.7. The summed E-state index contributed by atoms with van der Waals surface area (Å²) in [7, 11) is 0. The first-order valence-electron chi connectivity index (χ1n) is 6.65. The van der Waals surface area contributed by atoms with Gasteiger partial charge in [-0.3, -0.25) is 19.8 Å². The number of carbonyl (C=O) groups is 2. The maximum atomic E-state index is 12.2. The predicted molar refractivity (Wildman–Crippen MR) is 78.7 cm³/mol. The van der Waals surface area contributed by atoms with Crippen molar-refractivity contribution in [3.05, 3.63) is 30.3 Å². The number of hydrogen-bond donors (Lipinski definition) is 2. The average molecular weight is 289 g/mol. The molecular weight excluding hydrogens is 270 g/mol. The van der Waals surface area contributed by atoms with Gasteiger partial charge in [-0.2, -0.15) is 5.26 Å². The van der Waals surface area contributed by atoms with Crippen molar-refractivity contribution in [2.75, 3.05) is 18.0 Å². The number of amides is 1. The highest BCUT2D eigenvalue weighted by atomic mass is 16.4. The van der Waals surface area contributed by atoms with Gasteiger partial charge in [0.2, 0.25) is 5.91 Å². The maximum Gasteiger partial charge on any atom is 0.323 e. The molecule has 0 fully saturated rings. The molecule has 0 aromatic heterocycles. The molecule has 1 aromatic rings. The van der Waals surface area contributed by atoms with Gasteiger partial charge >= 0.3 is 5.97 Å². The zero-order valence-corrected chi connectivity index (χ0v) is 12.2. The Morgan fingerprint density at radius 2 is 2.00 bits per heavy atom. The summed E-state index contributed by atoms with van der Waals surface area (Å²) in [6.45, 7) is 3.03. The van der Waals surface area contributed by atoms with E-state index in [1.807, 2.05) is 12.1 Å². The van der Waals surface area contributed by atoms with Gasteiger partial charge in [0.25, 0.3) is 0 Å². The Labute approximate surface area is 124 Å². The number of nitriles is 1. The van der Waals surface area contributed by atoms with Crippen LogP contribution in [-0.4, -0.2) is 35.6 Å². The molecule has 6 nitrogen and oxygen atoms in total. The molecule has 0 radical (unpaired) electrons. The number of carboxylic acid groups (broad SMARTS) is 1. The van der Waals surface area contributed by atoms with Gasteiger partial charge in [0.15, 0.2) is 0 Å². The molecule has 21 heavy (non-hydrogen) atoms. The van der Waals surface area contributed by atoms with E-state index in [1.165, 1.54) is 11.8 Å². The molecule has 1 aromatic carbocycles. The van der Waals surface area contributed by atoms with E-state index in [0.717, 1.165) is 0 Å². The van der Waals surface area contributed by atoms with Crippen LogP contribution in [0.3, 0.4) is 0 Å². The van der Waals surface area contributed by atoms with E-state index >= 15 is 0 Å². The molecule has 112 valence electrons. The van der Waals surface area contributed by atoms with Crippen LogP contribution >= 0.6 is 0 Å². The van der Waals surface area contributed by atoms with Crippen molar-refractivity contribution in [3.8, 4) is 6.07 Å². The lowest BCUT2D eigenvalue weighted by atomic mass is 9.99. The van der Waals surface area contributed by atoms with Crippen molar-refractivity contribution in [3.63, 3.8) is 0 Å². The third-order valence-electron chi connectivity index (χ3n) is 3.41. The van der Waals surface area contributed by atoms with E-state index in [0.29, 0.717) is 12.1 Å². The third-order valence-corrected chi connectivity index (χ3v) is 3.41. The van der Waals surface area contributed by atoms with Gasteiger partial charge in [0.05, 0.1) is 12.6 Å². The summed E-state index contributed by atoms with van der Waals surface area (Å²) < 4.78 is 0. The van der Waals surface area contributed by atoms with Crippen molar-refractivity contribution in [1.82, 2.24) is 5.32 Å². The Bertz CT molecular complexity index is 539. The van der Waals surface area contributed by atoms with Crippen molar-refractivity contribution >= 4 is 17.6 Å². The number of benzene rings is 1. The van der Waals surface area contributed by atoms with Crippen LogP contribution in [0.2, 0.25) is 0 Å². The van der Waals surface area contributed by atoms with Crippen LogP contribution in [0, 0.1) is 11.3 Å². The van der Waals surface area contributed by atoms with Crippen molar-refractivity contribution in [2.24, 2.45) is 0 Å². The number of hydrogen-bond acceptors (Lipinski definition) is 4. The number of carbonyl (C=O) groups excluding carboxylic acids is 1. The van der Waals surface area contributed by atoms with Crippen LogP contribution in [0.4, 0.5) is 5.69 Å². The zero-order valence-electron chi connectivity index (χ0n) is 12.2. The quantitative estimate of drug-likeness (QED) is 0.740. The van der Waals surface area contributed by atoms with E-state index < -0.39 is 11.5 Å². The molecule has 1 amide bonds. The SMILES string of the molecule is CCC(C)(NCC(=O)N(CC#N)c1ccccc1)C(=O)O. The van der Waals surface area contributed by atoms with Crippen molar-refractivity contribution in [1.29, 1.82) is 5.26 Å². The second kappa shape index (κ2) is 7.41. The summed E-state index contributed by atoms with van der Waals surface area (Å²) in [4.78, 5) is 24.8. The molecule has 0 aliphatic rings. The van der Waals surface area contributed by atoms with Crippen LogP contribution < -0.4 is 10.2 Å². The van der Waals surface area contributed by atoms with Gasteiger partial charge < -0.3 is 5.11 Å². The van der Waals surface area contributed by atoms with Gasteiger partial charge in [-0.05, 0) is 25.5 Å². The number of carboxylic acids is 1. The largest absolute Gasteiger partial charge is 0.480 e. The molecule has 0 saturated carbocycles. The molecule has 0 aliphatic heterocycles. The Kier molecular flexibility index (Phi) is 5.88. The van der Waals surface area contributed by atoms with Gasteiger partial charge in [0.1, 0.15) is 12.1 Å². The highest BCUT2D eigenvalue weighted by Crippen LogP contribution is 2.14. The standard InChI is InChI=1S/C15H19N3O3/c1-3-15(2,14(20)21)17-11-13(19)18(10-9-16)12-7-5-4-6-8-12/h4-8,17H,3,10-11H2,1-2H3,(H,20,21). The molecular formula is C15H19N3O3. The van der Waals surface area contributed by atoms with Gasteiger partial charge in [-0.25, -0.2) is 0 Å². The number of nitrogens with one attached hydrogen (secondary N) is 1. The molecule has 1 atom stereocenters. The average Bonchev–Trinajstić information content (AvgIpc) is 2.50.